The Morgan fingerprint density at radius 3 is 3.06 bits per heavy atom. The molecule has 0 bridgehead atoms. The third-order valence-electron chi connectivity index (χ3n) is 2.56. The summed E-state index contributed by atoms with van der Waals surface area (Å²) in [6.07, 6.45) is 5.66. The van der Waals surface area contributed by atoms with Crippen LogP contribution in [0, 0.1) is 6.92 Å². The summed E-state index contributed by atoms with van der Waals surface area (Å²) in [5.41, 5.74) is 3.02. The Morgan fingerprint density at radius 2 is 2.22 bits per heavy atom. The minimum atomic E-state index is 0.818. The molecule has 3 rings (SSSR count). The van der Waals surface area contributed by atoms with E-state index in [1.54, 1.807) is 18.1 Å². The molecule has 5 heteroatoms. The first-order chi connectivity index (χ1) is 8.81. The van der Waals surface area contributed by atoms with E-state index >= 15 is 0 Å². The van der Waals surface area contributed by atoms with Crippen molar-refractivity contribution < 1.29 is 0 Å². The third kappa shape index (κ3) is 2.36. The van der Waals surface area contributed by atoms with Crippen LogP contribution < -0.4 is 0 Å². The van der Waals surface area contributed by atoms with Crippen molar-refractivity contribution in [1.29, 1.82) is 0 Å². The Balaban J connectivity index is 1.76. The molecule has 0 fully saturated rings. The minimum Gasteiger partial charge on any atom is -0.307 e. The average Bonchev–Trinajstić information content (AvgIpc) is 2.79. The molecule has 18 heavy (non-hydrogen) atoms. The molecule has 0 amide bonds. The largest absolute Gasteiger partial charge is 0.307 e. The number of pyridine rings is 1. The molecule has 0 spiro atoms. The number of aryl methyl sites for hydroxylation is 1. The normalized spacial score (nSPS) is 10.9. The lowest BCUT2D eigenvalue weighted by Crippen LogP contribution is -1.87. The zero-order valence-corrected chi connectivity index (χ0v) is 10.8. The topological polar surface area (TPSA) is 43.1 Å². The van der Waals surface area contributed by atoms with E-state index in [4.69, 9.17) is 0 Å². The quantitative estimate of drug-likeness (QED) is 0.534. The summed E-state index contributed by atoms with van der Waals surface area (Å²) in [6, 6.07) is 7.98. The van der Waals surface area contributed by atoms with Crippen LogP contribution in [0.2, 0.25) is 0 Å². The van der Waals surface area contributed by atoms with Gasteiger partial charge in [-0.15, -0.1) is 0 Å². The summed E-state index contributed by atoms with van der Waals surface area (Å²) < 4.78 is 2.03. The molecular formula is C13H12N4S. The molecule has 0 saturated carbocycles. The molecule has 0 saturated heterocycles. The number of imidazole rings is 1. The number of thioether (sulfide) groups is 1. The fraction of sp³-hybridized carbons (Fsp3) is 0.154. The number of nitrogens with zero attached hydrogens (tertiary/aromatic N) is 4. The van der Waals surface area contributed by atoms with Gasteiger partial charge in [-0.1, -0.05) is 17.8 Å². The molecule has 0 aliphatic heterocycles. The average molecular weight is 256 g/mol. The van der Waals surface area contributed by atoms with Crippen molar-refractivity contribution in [1.82, 2.24) is 19.4 Å². The number of hydrogen-bond acceptors (Lipinski definition) is 4. The number of fused-ring (bicyclic) bond motifs is 1. The van der Waals surface area contributed by atoms with Crippen LogP contribution in [0.4, 0.5) is 0 Å². The maximum atomic E-state index is 4.55. The van der Waals surface area contributed by atoms with Crippen LogP contribution in [-0.2, 0) is 5.75 Å². The van der Waals surface area contributed by atoms with E-state index in [1.807, 2.05) is 41.8 Å². The molecule has 0 radical (unpaired) electrons. The lowest BCUT2D eigenvalue weighted by atomic mass is 10.5. The summed E-state index contributed by atoms with van der Waals surface area (Å²) in [5, 5.41) is 0.986. The first-order valence-electron chi connectivity index (χ1n) is 5.65. The van der Waals surface area contributed by atoms with E-state index in [0.717, 1.165) is 27.8 Å². The van der Waals surface area contributed by atoms with Gasteiger partial charge in [0.25, 0.3) is 0 Å². The van der Waals surface area contributed by atoms with Gasteiger partial charge in [0, 0.05) is 23.8 Å². The molecule has 0 aromatic carbocycles. The standard InChI is InChI=1S/C13H12N4S/c1-10-6-13(15-9-14-10)18-8-11-7-17-5-3-2-4-12(17)16-11/h2-7,9H,8H2,1H3. The predicted molar refractivity (Wildman–Crippen MR) is 71.5 cm³/mol. The molecule has 0 aliphatic carbocycles. The summed E-state index contributed by atoms with van der Waals surface area (Å²) in [6.45, 7) is 1.97. The van der Waals surface area contributed by atoms with E-state index in [9.17, 15) is 0 Å². The second-order valence-corrected chi connectivity index (χ2v) is 4.98. The van der Waals surface area contributed by atoms with E-state index in [-0.39, 0.29) is 0 Å². The minimum absolute atomic E-state index is 0.818. The van der Waals surface area contributed by atoms with E-state index in [2.05, 4.69) is 21.1 Å². The second kappa shape index (κ2) is 4.78. The van der Waals surface area contributed by atoms with Crippen LogP contribution in [0.3, 0.4) is 0 Å². The molecule has 90 valence electrons. The molecule has 4 nitrogen and oxygen atoms in total. The van der Waals surface area contributed by atoms with Crippen molar-refractivity contribution >= 4 is 17.4 Å². The van der Waals surface area contributed by atoms with E-state index < -0.39 is 0 Å². The van der Waals surface area contributed by atoms with Crippen LogP contribution in [0.25, 0.3) is 5.65 Å². The zero-order chi connectivity index (χ0) is 12.4. The van der Waals surface area contributed by atoms with Crippen LogP contribution in [-0.4, -0.2) is 19.4 Å². The lowest BCUT2D eigenvalue weighted by Gasteiger charge is -1.98. The Labute approximate surface area is 109 Å². The Bertz CT molecular complexity index is 644. The van der Waals surface area contributed by atoms with Crippen molar-refractivity contribution in [3.05, 3.63) is 54.4 Å². The van der Waals surface area contributed by atoms with Gasteiger partial charge in [-0.2, -0.15) is 0 Å². The summed E-state index contributed by atoms with van der Waals surface area (Å²) in [5.74, 6) is 0.818. The first-order valence-corrected chi connectivity index (χ1v) is 6.64. The third-order valence-corrected chi connectivity index (χ3v) is 3.52. The van der Waals surface area contributed by atoms with E-state index in [0.29, 0.717) is 0 Å². The second-order valence-electron chi connectivity index (χ2n) is 3.98. The number of hydrogen-bond donors (Lipinski definition) is 0. The summed E-state index contributed by atoms with van der Waals surface area (Å²) >= 11 is 1.68. The fourth-order valence-electron chi connectivity index (χ4n) is 1.71. The fourth-order valence-corrected chi connectivity index (χ4v) is 2.52. The highest BCUT2D eigenvalue weighted by atomic mass is 32.2. The van der Waals surface area contributed by atoms with Crippen molar-refractivity contribution in [3.8, 4) is 0 Å². The van der Waals surface area contributed by atoms with Gasteiger partial charge in [0.1, 0.15) is 12.0 Å². The molecule has 3 aromatic heterocycles. The molecule has 3 heterocycles. The van der Waals surface area contributed by atoms with Gasteiger partial charge in [0.05, 0.1) is 10.7 Å². The maximum Gasteiger partial charge on any atom is 0.137 e. The Hall–Kier alpha value is -1.88. The van der Waals surface area contributed by atoms with Gasteiger partial charge in [-0.25, -0.2) is 15.0 Å². The van der Waals surface area contributed by atoms with Gasteiger partial charge in [-0.3, -0.25) is 0 Å². The maximum absolute atomic E-state index is 4.55. The summed E-state index contributed by atoms with van der Waals surface area (Å²) in [4.78, 5) is 12.9. The van der Waals surface area contributed by atoms with Crippen molar-refractivity contribution in [2.75, 3.05) is 0 Å². The Morgan fingerprint density at radius 1 is 1.28 bits per heavy atom. The van der Waals surface area contributed by atoms with E-state index in [1.165, 1.54) is 0 Å². The van der Waals surface area contributed by atoms with Crippen LogP contribution in [0.15, 0.2) is 48.0 Å². The lowest BCUT2D eigenvalue weighted by molar-refractivity contribution is 1.00. The van der Waals surface area contributed by atoms with Crippen LogP contribution in [0.1, 0.15) is 11.4 Å². The monoisotopic (exact) mass is 256 g/mol. The van der Waals surface area contributed by atoms with Crippen molar-refractivity contribution in [2.45, 2.75) is 17.7 Å². The molecule has 0 aliphatic rings. The molecule has 0 N–H and O–H groups in total. The van der Waals surface area contributed by atoms with Crippen molar-refractivity contribution in [2.24, 2.45) is 0 Å². The molecular weight excluding hydrogens is 244 g/mol. The highest BCUT2D eigenvalue weighted by molar-refractivity contribution is 7.98. The highest BCUT2D eigenvalue weighted by Gasteiger charge is 2.03. The summed E-state index contributed by atoms with van der Waals surface area (Å²) in [7, 11) is 0. The van der Waals surface area contributed by atoms with Crippen LogP contribution >= 0.6 is 11.8 Å². The smallest absolute Gasteiger partial charge is 0.137 e. The molecule has 0 atom stereocenters. The SMILES string of the molecule is Cc1cc(SCc2cn3ccccc3n2)ncn1. The van der Waals surface area contributed by atoms with Gasteiger partial charge in [-0.05, 0) is 25.1 Å². The van der Waals surface area contributed by atoms with Crippen LogP contribution in [0.5, 0.6) is 0 Å². The first kappa shape index (κ1) is 11.2. The molecule has 0 unspecified atom stereocenters. The number of aromatic nitrogens is 4. The van der Waals surface area contributed by atoms with Gasteiger partial charge in [0.15, 0.2) is 0 Å². The van der Waals surface area contributed by atoms with Gasteiger partial charge in [0.2, 0.25) is 0 Å². The highest BCUT2D eigenvalue weighted by Crippen LogP contribution is 2.20. The number of rotatable bonds is 3. The van der Waals surface area contributed by atoms with Gasteiger partial charge >= 0.3 is 0 Å². The molecule has 3 aromatic rings. The van der Waals surface area contributed by atoms with Crippen molar-refractivity contribution in [3.63, 3.8) is 0 Å². The van der Waals surface area contributed by atoms with Gasteiger partial charge < -0.3 is 4.40 Å². The predicted octanol–water partition coefficient (Wildman–Crippen LogP) is 2.73. The zero-order valence-electron chi connectivity index (χ0n) is 9.95. The Kier molecular flexibility index (Phi) is 2.98.